The third-order valence-electron chi connectivity index (χ3n) is 7.55. The number of hydrogen-bond donors (Lipinski definition) is 5. The average Bonchev–Trinajstić information content (AvgIpc) is 3.09. The van der Waals surface area contributed by atoms with E-state index >= 15 is 0 Å². The highest BCUT2D eigenvalue weighted by molar-refractivity contribution is 9.11. The number of hydrogen-bond acceptors (Lipinski definition) is 5. The summed E-state index contributed by atoms with van der Waals surface area (Å²) in [5.74, 6) is 1.65. The van der Waals surface area contributed by atoms with Crippen LogP contribution < -0.4 is 0 Å². The van der Waals surface area contributed by atoms with Gasteiger partial charge in [-0.05, 0) is 110 Å². The van der Waals surface area contributed by atoms with Gasteiger partial charge in [0.25, 0.3) is 0 Å². The van der Waals surface area contributed by atoms with E-state index < -0.39 is 11.7 Å². The maximum Gasteiger partial charge on any atom is 0.416 e. The first kappa shape index (κ1) is 43.8. The predicted molar refractivity (Wildman–Crippen MR) is 214 cm³/mol. The first-order chi connectivity index (χ1) is 24.4. The molecule has 0 aromatic heterocycles. The van der Waals surface area contributed by atoms with E-state index in [2.05, 4.69) is 45.7 Å². The van der Waals surface area contributed by atoms with Gasteiger partial charge in [0.2, 0.25) is 0 Å². The number of halogens is 5. The molecule has 10 heteroatoms. The fourth-order valence-electron chi connectivity index (χ4n) is 4.78. The van der Waals surface area contributed by atoms with Crippen molar-refractivity contribution in [2.75, 3.05) is 0 Å². The number of rotatable bonds is 2. The minimum atomic E-state index is -4.24. The van der Waals surface area contributed by atoms with Crippen molar-refractivity contribution in [2.45, 2.75) is 66.5 Å². The summed E-state index contributed by atoms with van der Waals surface area (Å²) in [5, 5.41) is 49.7. The highest BCUT2D eigenvalue weighted by Crippen LogP contribution is 2.36. The maximum atomic E-state index is 12.4. The van der Waals surface area contributed by atoms with Gasteiger partial charge in [-0.1, -0.05) is 102 Å². The van der Waals surface area contributed by atoms with Gasteiger partial charge in [-0.25, -0.2) is 0 Å². The minimum Gasteiger partial charge on any atom is -0.507 e. The van der Waals surface area contributed by atoms with E-state index in [4.69, 9.17) is 0 Å². The largest absolute Gasteiger partial charge is 0.507 e. The van der Waals surface area contributed by atoms with Crippen LogP contribution in [0.15, 0.2) is 112 Å². The van der Waals surface area contributed by atoms with Crippen LogP contribution in [0, 0.1) is 6.92 Å². The zero-order valence-corrected chi connectivity index (χ0v) is 33.3. The molecule has 6 aromatic carbocycles. The summed E-state index contributed by atoms with van der Waals surface area (Å²) in [5.41, 5.74) is 2.04. The smallest absolute Gasteiger partial charge is 0.416 e. The number of phenolic OH excluding ortho intramolecular Hbond substituents is 5. The van der Waals surface area contributed by atoms with Crippen molar-refractivity contribution in [1.82, 2.24) is 0 Å². The van der Waals surface area contributed by atoms with Crippen LogP contribution in [-0.2, 0) is 6.18 Å². The first-order valence-corrected chi connectivity index (χ1v) is 18.1. The third-order valence-corrected chi connectivity index (χ3v) is 8.76. The second-order valence-corrected chi connectivity index (χ2v) is 13.8. The molecule has 0 bridgehead atoms. The van der Waals surface area contributed by atoms with Crippen LogP contribution in [0.4, 0.5) is 13.2 Å². The molecule has 0 fully saturated rings. The second-order valence-electron chi connectivity index (χ2n) is 12.1. The van der Waals surface area contributed by atoms with Gasteiger partial charge < -0.3 is 25.5 Å². The van der Waals surface area contributed by atoms with Gasteiger partial charge in [0, 0.05) is 21.5 Å². The van der Waals surface area contributed by atoms with Crippen LogP contribution in [0.3, 0.4) is 0 Å². The molecule has 0 heterocycles. The lowest BCUT2D eigenvalue weighted by Gasteiger charge is -2.12. The summed E-state index contributed by atoms with van der Waals surface area (Å²) in [6, 6.07) is 28.3. The molecule has 0 spiro atoms. The molecule has 52 heavy (non-hydrogen) atoms. The van der Waals surface area contributed by atoms with Crippen LogP contribution in [0.5, 0.6) is 28.7 Å². The van der Waals surface area contributed by atoms with Gasteiger partial charge >= 0.3 is 6.18 Å². The van der Waals surface area contributed by atoms with Gasteiger partial charge in [0.05, 0.1) is 14.5 Å². The Balaban J connectivity index is 0.000000236. The molecule has 278 valence electrons. The van der Waals surface area contributed by atoms with Crippen molar-refractivity contribution >= 4 is 53.4 Å². The lowest BCUT2D eigenvalue weighted by molar-refractivity contribution is -0.137. The van der Waals surface area contributed by atoms with E-state index in [1.807, 2.05) is 39.8 Å². The molecule has 0 radical (unpaired) electrons. The van der Waals surface area contributed by atoms with Crippen LogP contribution in [0.1, 0.15) is 75.6 Å². The molecule has 0 aliphatic rings. The first-order valence-electron chi connectivity index (χ1n) is 16.6. The van der Waals surface area contributed by atoms with Crippen LogP contribution in [0.25, 0.3) is 21.5 Å². The monoisotopic (exact) mass is 844 g/mol. The Morgan fingerprint density at radius 2 is 0.808 bits per heavy atom. The Morgan fingerprint density at radius 1 is 0.500 bits per heavy atom. The molecule has 0 saturated carbocycles. The fraction of sp³-hybridized carbons (Fsp3) is 0.238. The highest BCUT2D eigenvalue weighted by Gasteiger charge is 2.31. The van der Waals surface area contributed by atoms with E-state index in [-0.39, 0.29) is 34.7 Å². The molecule has 0 saturated heterocycles. The maximum absolute atomic E-state index is 12.4. The summed E-state index contributed by atoms with van der Waals surface area (Å²) < 4.78 is 38.7. The molecule has 6 rings (SSSR count). The van der Waals surface area contributed by atoms with E-state index in [0.29, 0.717) is 33.0 Å². The van der Waals surface area contributed by atoms with Gasteiger partial charge in [-0.2, -0.15) is 13.2 Å². The van der Waals surface area contributed by atoms with Crippen molar-refractivity contribution in [3.05, 3.63) is 134 Å². The van der Waals surface area contributed by atoms with E-state index in [0.717, 1.165) is 14.5 Å². The Morgan fingerprint density at radius 3 is 1.10 bits per heavy atom. The molecule has 0 aliphatic carbocycles. The normalized spacial score (nSPS) is 10.7. The Labute approximate surface area is 320 Å². The lowest BCUT2D eigenvalue weighted by Crippen LogP contribution is -2.06. The average molecular weight is 847 g/mol. The summed E-state index contributed by atoms with van der Waals surface area (Å²) in [7, 11) is 0. The SMILES string of the molecule is CC.CC(C)c1cc(Br)c(O)c(Br)c1.Cc1cc(C(C)C)cc(C(F)(F)F)c1.Oc1cccc2c(O)cccc12.Oc1cccc2c(O)cccc12. The quantitative estimate of drug-likeness (QED) is 0.119. The summed E-state index contributed by atoms with van der Waals surface area (Å²) in [6.07, 6.45) is -4.24. The number of benzene rings is 6. The van der Waals surface area contributed by atoms with E-state index in [9.17, 15) is 38.7 Å². The topological polar surface area (TPSA) is 101 Å². The molecule has 5 N–H and O–H groups in total. The molecule has 0 atom stereocenters. The summed E-state index contributed by atoms with van der Waals surface area (Å²) in [6.45, 7) is 13.7. The Bertz CT molecular complexity index is 1870. The van der Waals surface area contributed by atoms with Gasteiger partial charge in [-0.3, -0.25) is 0 Å². The lowest BCUT2D eigenvalue weighted by atomic mass is 9.98. The predicted octanol–water partition coefficient (Wildman–Crippen LogP) is 13.7. The van der Waals surface area contributed by atoms with Crippen molar-refractivity contribution in [3.63, 3.8) is 0 Å². The van der Waals surface area contributed by atoms with Crippen LogP contribution >= 0.6 is 31.9 Å². The van der Waals surface area contributed by atoms with E-state index in [1.165, 1.54) is 17.7 Å². The number of alkyl halides is 3. The molecular weight excluding hydrogens is 801 g/mol. The highest BCUT2D eigenvalue weighted by atomic mass is 79.9. The number of phenols is 5. The molecule has 0 amide bonds. The Hall–Kier alpha value is -4.41. The zero-order chi connectivity index (χ0) is 39.3. The van der Waals surface area contributed by atoms with Crippen LogP contribution in [-0.4, -0.2) is 25.5 Å². The zero-order valence-electron chi connectivity index (χ0n) is 30.1. The van der Waals surface area contributed by atoms with Gasteiger partial charge in [-0.15, -0.1) is 0 Å². The van der Waals surface area contributed by atoms with Crippen molar-refractivity contribution < 1.29 is 38.7 Å². The third kappa shape index (κ3) is 12.4. The standard InChI is InChI=1S/C11H13F3.2C10H8O2.C9H10Br2O.C2H6/c1-7(2)9-4-8(3)5-10(6-9)11(12,13)14;2*11-9-5-1-3-7-8(9)4-2-6-10(7)12;1-5(2)6-3-7(10)9(12)8(11)4-6;1-2/h4-7H,1-3H3;2*1-6,11-12H;3-5,12H,1-2H3;1-2H3. The summed E-state index contributed by atoms with van der Waals surface area (Å²) in [4.78, 5) is 0. The molecule has 0 aliphatic heterocycles. The van der Waals surface area contributed by atoms with E-state index in [1.54, 1.807) is 85.8 Å². The molecular formula is C42H45Br2F3O5. The molecule has 5 nitrogen and oxygen atoms in total. The molecule has 6 aromatic rings. The van der Waals surface area contributed by atoms with Crippen LogP contribution in [0.2, 0.25) is 0 Å². The van der Waals surface area contributed by atoms with Crippen molar-refractivity contribution in [1.29, 1.82) is 0 Å². The van der Waals surface area contributed by atoms with Gasteiger partial charge in [0.15, 0.2) is 0 Å². The van der Waals surface area contributed by atoms with Crippen molar-refractivity contribution in [2.24, 2.45) is 0 Å². The molecule has 0 unspecified atom stereocenters. The Kier molecular flexibility index (Phi) is 16.8. The summed E-state index contributed by atoms with van der Waals surface area (Å²) >= 11 is 6.57. The second kappa shape index (κ2) is 20.0. The minimum absolute atomic E-state index is 0.121. The van der Waals surface area contributed by atoms with Crippen molar-refractivity contribution in [3.8, 4) is 28.7 Å². The number of fused-ring (bicyclic) bond motifs is 2. The number of aromatic hydroxyl groups is 5. The van der Waals surface area contributed by atoms with Gasteiger partial charge in [0.1, 0.15) is 28.7 Å². The fourth-order valence-corrected chi connectivity index (χ4v) is 6.00. The number of aryl methyl sites for hydroxylation is 1.